The lowest BCUT2D eigenvalue weighted by molar-refractivity contribution is -0.146. The predicted molar refractivity (Wildman–Crippen MR) is 138 cm³/mol. The Hall–Kier alpha value is -3.70. The first-order valence-electron chi connectivity index (χ1n) is 12.1. The molecule has 2 heterocycles. The van der Waals surface area contributed by atoms with Gasteiger partial charge in [0.2, 0.25) is 11.8 Å². The fraction of sp³-hybridized carbons (Fsp3) is 0.429. The number of likely N-dealkylation sites (N-methyl/N-ethyl adjacent to an activating group) is 1. The molecule has 4 rings (SSSR count). The van der Waals surface area contributed by atoms with Gasteiger partial charge in [-0.25, -0.2) is 6.57 Å². The van der Waals surface area contributed by atoms with Crippen molar-refractivity contribution in [3.8, 4) is 0 Å². The summed E-state index contributed by atoms with van der Waals surface area (Å²) in [6.45, 7) is 13.6. The molecule has 2 aromatic carbocycles. The Kier molecular flexibility index (Phi) is 6.63. The molecule has 0 aromatic heterocycles. The summed E-state index contributed by atoms with van der Waals surface area (Å²) in [7, 11) is 1.59. The van der Waals surface area contributed by atoms with E-state index in [1.165, 1.54) is 9.80 Å². The first-order valence-corrected chi connectivity index (χ1v) is 12.1. The first-order chi connectivity index (χ1) is 17.0. The monoisotopic (exact) mass is 487 g/mol. The minimum atomic E-state index is -0.983. The molecule has 2 aliphatic heterocycles. The molecule has 0 aliphatic carbocycles. The van der Waals surface area contributed by atoms with E-state index in [0.717, 1.165) is 11.1 Å². The van der Waals surface area contributed by atoms with Crippen molar-refractivity contribution in [1.29, 1.82) is 0 Å². The average molecular weight is 488 g/mol. The van der Waals surface area contributed by atoms with Crippen LogP contribution in [0, 0.1) is 12.0 Å². The summed E-state index contributed by atoms with van der Waals surface area (Å²) in [5.41, 5.74) is 7.21. The van der Waals surface area contributed by atoms with Gasteiger partial charge in [-0.15, -0.1) is 0 Å². The molecule has 1 saturated heterocycles. The Balaban J connectivity index is 1.69. The second kappa shape index (κ2) is 9.40. The molecule has 4 atom stereocenters. The number of nitrogens with one attached hydrogen (secondary N) is 1. The van der Waals surface area contributed by atoms with Gasteiger partial charge in [-0.1, -0.05) is 69.3 Å². The molecule has 188 valence electrons. The van der Waals surface area contributed by atoms with E-state index < -0.39 is 29.1 Å². The zero-order chi connectivity index (χ0) is 26.3. The van der Waals surface area contributed by atoms with Gasteiger partial charge < -0.3 is 16.0 Å². The van der Waals surface area contributed by atoms with Crippen LogP contribution in [0.4, 0.5) is 5.69 Å². The second-order valence-corrected chi connectivity index (χ2v) is 10.9. The fourth-order valence-electron chi connectivity index (χ4n) is 5.12. The quantitative estimate of drug-likeness (QED) is 0.634. The van der Waals surface area contributed by atoms with Gasteiger partial charge in [0.15, 0.2) is 0 Å². The van der Waals surface area contributed by atoms with Gasteiger partial charge >= 0.3 is 6.17 Å². The highest BCUT2D eigenvalue weighted by atomic mass is 16.2. The number of benzene rings is 2. The van der Waals surface area contributed by atoms with Crippen LogP contribution in [0.25, 0.3) is 4.85 Å². The predicted octanol–water partition coefficient (Wildman–Crippen LogP) is 2.80. The molecule has 2 aromatic rings. The molecular weight excluding hydrogens is 454 g/mol. The van der Waals surface area contributed by atoms with Crippen LogP contribution >= 0.6 is 0 Å². The van der Waals surface area contributed by atoms with Crippen LogP contribution < -0.4 is 11.1 Å². The summed E-state index contributed by atoms with van der Waals surface area (Å²) in [5.74, 6) is -0.897. The molecule has 36 heavy (non-hydrogen) atoms. The van der Waals surface area contributed by atoms with Gasteiger partial charge in [-0.05, 0) is 22.6 Å². The van der Waals surface area contributed by atoms with E-state index in [4.69, 9.17) is 12.3 Å². The van der Waals surface area contributed by atoms with E-state index in [2.05, 4.69) is 10.2 Å². The van der Waals surface area contributed by atoms with E-state index in [0.29, 0.717) is 5.69 Å². The molecule has 0 radical (unpaired) electrons. The van der Waals surface area contributed by atoms with Crippen LogP contribution in [0.5, 0.6) is 0 Å². The Morgan fingerprint density at radius 1 is 1.19 bits per heavy atom. The number of hydrogen-bond donors (Lipinski definition) is 2. The highest BCUT2D eigenvalue weighted by Gasteiger charge is 2.59. The van der Waals surface area contributed by atoms with Gasteiger partial charge in [0.1, 0.15) is 11.5 Å². The summed E-state index contributed by atoms with van der Waals surface area (Å²) in [6.07, 6.45) is -0.328. The number of likely N-dealkylation sites (tertiary alicyclic amines) is 1. The largest absolute Gasteiger partial charge is 0.332 e. The van der Waals surface area contributed by atoms with Gasteiger partial charge in [-0.2, -0.15) is 0 Å². The summed E-state index contributed by atoms with van der Waals surface area (Å²) in [5, 5.41) is 2.92. The summed E-state index contributed by atoms with van der Waals surface area (Å²) < 4.78 is 0. The molecule has 1 fully saturated rings. The minimum Gasteiger partial charge on any atom is -0.332 e. The number of nitrogens with two attached hydrogens (primary N) is 1. The number of anilines is 1. The van der Waals surface area contributed by atoms with Crippen molar-refractivity contribution in [1.82, 2.24) is 9.80 Å². The second-order valence-electron chi connectivity index (χ2n) is 10.9. The molecule has 0 bridgehead atoms. The number of carbonyl (C=O) groups excluding carboxylic acids is 3. The Bertz CT molecular complexity index is 1220. The smallest absolute Gasteiger partial charge is 0.302 e. The van der Waals surface area contributed by atoms with E-state index >= 15 is 0 Å². The SMILES string of the molecule is [C-]#[N+][C@@H]1C[C@@]2(CN1C(=O)[C@H](Cc1ccccc1)N(C)C(=O)[C@@H](N)C(C)(C)C)C(=O)Nc1ccccc12. The zero-order valence-electron chi connectivity index (χ0n) is 21.2. The minimum absolute atomic E-state index is 0.0837. The Morgan fingerprint density at radius 3 is 2.47 bits per heavy atom. The summed E-state index contributed by atoms with van der Waals surface area (Å²) >= 11 is 0. The lowest BCUT2D eigenvalue weighted by Crippen LogP contribution is -2.57. The first kappa shape index (κ1) is 25.4. The topological polar surface area (TPSA) is 100 Å². The molecule has 0 unspecified atom stereocenters. The van der Waals surface area contributed by atoms with Gasteiger partial charge in [0, 0.05) is 25.7 Å². The van der Waals surface area contributed by atoms with E-state index in [9.17, 15) is 14.4 Å². The third-order valence-electron chi connectivity index (χ3n) is 7.46. The molecule has 2 aliphatic rings. The van der Waals surface area contributed by atoms with Crippen molar-refractivity contribution >= 4 is 23.4 Å². The van der Waals surface area contributed by atoms with Crippen molar-refractivity contribution < 1.29 is 14.4 Å². The number of para-hydroxylation sites is 1. The highest BCUT2D eigenvalue weighted by Crippen LogP contribution is 2.46. The van der Waals surface area contributed by atoms with E-state index in [1.54, 1.807) is 7.05 Å². The van der Waals surface area contributed by atoms with Crippen LogP contribution in [0.15, 0.2) is 54.6 Å². The van der Waals surface area contributed by atoms with Crippen LogP contribution in [0.2, 0.25) is 0 Å². The lowest BCUT2D eigenvalue weighted by Gasteiger charge is -2.35. The Morgan fingerprint density at radius 2 is 1.83 bits per heavy atom. The third kappa shape index (κ3) is 4.35. The van der Waals surface area contributed by atoms with Crippen LogP contribution in [0.3, 0.4) is 0 Å². The molecule has 0 saturated carbocycles. The number of carbonyl (C=O) groups is 3. The fourth-order valence-corrected chi connectivity index (χ4v) is 5.12. The van der Waals surface area contributed by atoms with Gasteiger partial charge in [-0.3, -0.25) is 24.1 Å². The summed E-state index contributed by atoms with van der Waals surface area (Å²) in [6, 6.07) is 15.2. The zero-order valence-corrected chi connectivity index (χ0v) is 21.2. The normalized spacial score (nSPS) is 22.5. The number of amides is 3. The number of hydrogen-bond acceptors (Lipinski definition) is 4. The highest BCUT2D eigenvalue weighted by molar-refractivity contribution is 6.07. The molecule has 8 heteroatoms. The maximum atomic E-state index is 14.1. The maximum absolute atomic E-state index is 14.1. The van der Waals surface area contributed by atoms with Crippen LogP contribution in [0.1, 0.15) is 38.3 Å². The third-order valence-corrected chi connectivity index (χ3v) is 7.46. The van der Waals surface area contributed by atoms with Crippen molar-refractivity contribution in [2.45, 2.75) is 57.3 Å². The number of rotatable bonds is 5. The standard InChI is InChI=1S/C28H33N5O3/c1-27(2,3)23(29)25(35)32(5)21(15-18-11-7-6-8-12-18)24(34)33-17-28(16-22(33)30-4)19-13-9-10-14-20(19)31-26(28)36/h6-14,21-23H,15-17,29H2,1-3,5H3,(H,31,36)/t21-,22-,23+,28-/m0/s1. The average Bonchev–Trinajstić information content (AvgIpc) is 3.39. The molecule has 3 N–H and O–H groups in total. The van der Waals surface area contributed by atoms with Crippen LogP contribution in [-0.2, 0) is 26.2 Å². The Labute approximate surface area is 212 Å². The van der Waals surface area contributed by atoms with Gasteiger partial charge in [0.25, 0.3) is 5.91 Å². The molecular formula is C28H33N5O3. The molecule has 3 amide bonds. The van der Waals surface area contributed by atoms with Crippen molar-refractivity contribution in [3.63, 3.8) is 0 Å². The van der Waals surface area contributed by atoms with Crippen molar-refractivity contribution in [2.24, 2.45) is 11.1 Å². The number of fused-ring (bicyclic) bond motifs is 2. The van der Waals surface area contributed by atoms with Crippen molar-refractivity contribution in [3.05, 3.63) is 77.1 Å². The summed E-state index contributed by atoms with van der Waals surface area (Å²) in [4.78, 5) is 47.3. The van der Waals surface area contributed by atoms with E-state index in [-0.39, 0.29) is 37.1 Å². The molecule has 1 spiro atoms. The maximum Gasteiger partial charge on any atom is 0.302 e. The van der Waals surface area contributed by atoms with E-state index in [1.807, 2.05) is 75.4 Å². The lowest BCUT2D eigenvalue weighted by atomic mass is 9.80. The van der Waals surface area contributed by atoms with Gasteiger partial charge in [0.05, 0.1) is 12.5 Å². The van der Waals surface area contributed by atoms with Crippen LogP contribution in [-0.4, -0.2) is 59.4 Å². The van der Waals surface area contributed by atoms with Crippen molar-refractivity contribution in [2.75, 3.05) is 18.9 Å². The number of nitrogens with zero attached hydrogens (tertiary/aromatic N) is 3. The molecule has 8 nitrogen and oxygen atoms in total.